The number of nitrogens with one attached hydrogen (secondary N) is 3. The molecular weight excluding hydrogens is 644 g/mol. The zero-order chi connectivity index (χ0) is 35.3. The lowest BCUT2D eigenvalue weighted by Gasteiger charge is -2.60. The number of para-hydroxylation sites is 1. The summed E-state index contributed by atoms with van der Waals surface area (Å²) in [5.41, 5.74) is 3.90. The van der Waals surface area contributed by atoms with Crippen LogP contribution in [0.4, 0.5) is 5.69 Å². The number of nitrogens with zero attached hydrogens (tertiary/aromatic N) is 3. The molecule has 3 heterocycles. The van der Waals surface area contributed by atoms with Crippen molar-refractivity contribution in [1.82, 2.24) is 20.4 Å². The van der Waals surface area contributed by atoms with E-state index in [0.29, 0.717) is 23.3 Å². The molecule has 2 aromatic carbocycles. The average Bonchev–Trinajstić information content (AvgIpc) is 3.07. The number of nitriles is 1. The number of piperazine rings is 1. The van der Waals surface area contributed by atoms with Gasteiger partial charge in [-0.05, 0) is 76.1 Å². The smallest absolute Gasteiger partial charge is 0.242 e. The number of phenols is 1. The second-order valence-corrected chi connectivity index (χ2v) is 13.4. The van der Waals surface area contributed by atoms with Crippen molar-refractivity contribution in [1.29, 1.82) is 5.26 Å². The van der Waals surface area contributed by atoms with E-state index in [9.17, 15) is 24.8 Å². The van der Waals surface area contributed by atoms with Crippen LogP contribution in [-0.4, -0.2) is 95.5 Å². The summed E-state index contributed by atoms with van der Waals surface area (Å²) in [6.45, 7) is 5.04. The molecule has 6 rings (SSSR count). The first-order valence-corrected chi connectivity index (χ1v) is 16.6. The summed E-state index contributed by atoms with van der Waals surface area (Å²) in [6, 6.07) is 10.3. The van der Waals surface area contributed by atoms with E-state index in [1.807, 2.05) is 55.3 Å². The van der Waals surface area contributed by atoms with Gasteiger partial charge in [0.2, 0.25) is 11.7 Å². The topological polar surface area (TPSA) is 156 Å². The van der Waals surface area contributed by atoms with Crippen molar-refractivity contribution < 1.29 is 29.0 Å². The summed E-state index contributed by atoms with van der Waals surface area (Å²) in [6.07, 6.45) is 0.625. The molecule has 6 atom stereocenters. The molecule has 3 aliphatic heterocycles. The van der Waals surface area contributed by atoms with Gasteiger partial charge in [-0.1, -0.05) is 24.3 Å². The van der Waals surface area contributed by atoms with E-state index in [0.717, 1.165) is 16.8 Å². The molecule has 1 amide bonds. The Balaban J connectivity index is 1.38. The second kappa shape index (κ2) is 13.3. The van der Waals surface area contributed by atoms with Gasteiger partial charge in [0.1, 0.15) is 12.1 Å². The standard InChI is InChI=1S/C36H40N6O6S/c1-17-12-20-13-23-25(15-37)42-24(29(41(23)4)27(20)31(44)33(17)47-5)14-22-28(32(45)34(48-6)18(2)30(22)43)26(42)16-38-35(46)19(3)39-36(49)40-21-10-8-7-9-11-21/h7-12,19,23-26,29,44H,13-14,16H2,1-6H3,(H,38,46)(H2,39,40,49)/t19-,23-,24-,25-,26-,29-/m0/s1. The van der Waals surface area contributed by atoms with Gasteiger partial charge in [0.05, 0.1) is 32.4 Å². The first kappa shape index (κ1) is 34.1. The summed E-state index contributed by atoms with van der Waals surface area (Å²) < 4.78 is 11.0. The second-order valence-electron chi connectivity index (χ2n) is 13.0. The van der Waals surface area contributed by atoms with Crippen LogP contribution in [0, 0.1) is 18.3 Å². The van der Waals surface area contributed by atoms with Gasteiger partial charge < -0.3 is 30.5 Å². The van der Waals surface area contributed by atoms with E-state index in [2.05, 4.69) is 26.9 Å². The first-order chi connectivity index (χ1) is 23.4. The molecule has 1 saturated heterocycles. The van der Waals surface area contributed by atoms with E-state index < -0.39 is 36.0 Å². The molecule has 1 fully saturated rings. The number of aryl methyl sites for hydroxylation is 1. The number of fused-ring (bicyclic) bond motifs is 6. The summed E-state index contributed by atoms with van der Waals surface area (Å²) in [7, 11) is 4.79. The van der Waals surface area contributed by atoms with Gasteiger partial charge in [-0.3, -0.25) is 24.2 Å². The summed E-state index contributed by atoms with van der Waals surface area (Å²) >= 11 is 5.43. The zero-order valence-electron chi connectivity index (χ0n) is 28.3. The summed E-state index contributed by atoms with van der Waals surface area (Å²) in [5, 5.41) is 31.6. The molecule has 4 N–H and O–H groups in total. The lowest BCUT2D eigenvalue weighted by molar-refractivity contribution is -0.125. The van der Waals surface area contributed by atoms with Crippen molar-refractivity contribution in [2.45, 2.75) is 69.9 Å². The third-order valence-corrected chi connectivity index (χ3v) is 10.5. The van der Waals surface area contributed by atoms with Crippen molar-refractivity contribution in [3.63, 3.8) is 0 Å². The molecule has 13 heteroatoms. The lowest BCUT2D eigenvalue weighted by Crippen LogP contribution is -2.71. The number of likely N-dealkylation sites (N-methyl/N-ethyl adjacent to an activating group) is 1. The third-order valence-electron chi connectivity index (χ3n) is 10.3. The van der Waals surface area contributed by atoms with Crippen molar-refractivity contribution >= 4 is 40.5 Å². The SMILES string of the molecule is COC1=C(C)C(=O)C2=C(C1=O)[C@H](CNC(=O)[C@H](C)NC(=S)Nc1ccccc1)N1[C@@H](C#N)[C@@H]3Cc4cc(C)c(OC)c(O)c4[C@H]([C@@H]1C2)N3C. The van der Waals surface area contributed by atoms with Gasteiger partial charge in [-0.2, -0.15) is 5.26 Å². The highest BCUT2D eigenvalue weighted by molar-refractivity contribution is 7.80. The highest BCUT2D eigenvalue weighted by atomic mass is 32.1. The number of rotatable bonds is 7. The van der Waals surface area contributed by atoms with Crippen molar-refractivity contribution in [3.05, 3.63) is 75.6 Å². The van der Waals surface area contributed by atoms with Crippen molar-refractivity contribution in [2.24, 2.45) is 0 Å². The Morgan fingerprint density at radius 3 is 2.49 bits per heavy atom. The van der Waals surface area contributed by atoms with E-state index >= 15 is 0 Å². The van der Waals surface area contributed by atoms with Gasteiger partial charge in [0, 0.05) is 46.6 Å². The van der Waals surface area contributed by atoms with Crippen molar-refractivity contribution in [3.8, 4) is 17.6 Å². The molecule has 0 aromatic heterocycles. The van der Waals surface area contributed by atoms with Gasteiger partial charge in [-0.15, -0.1) is 0 Å². The molecule has 256 valence electrons. The molecule has 2 aromatic rings. The number of hydrogen-bond acceptors (Lipinski definition) is 10. The molecule has 0 radical (unpaired) electrons. The van der Waals surface area contributed by atoms with Crippen LogP contribution in [0.1, 0.15) is 43.0 Å². The minimum Gasteiger partial charge on any atom is -0.504 e. The summed E-state index contributed by atoms with van der Waals surface area (Å²) in [5.74, 6) is -0.787. The van der Waals surface area contributed by atoms with Gasteiger partial charge >= 0.3 is 0 Å². The Labute approximate surface area is 290 Å². The van der Waals surface area contributed by atoms with E-state index in [4.69, 9.17) is 21.7 Å². The van der Waals surface area contributed by atoms with Gasteiger partial charge in [0.15, 0.2) is 28.2 Å². The number of phenolic OH excluding ortho intramolecular Hbond substituents is 1. The number of anilines is 1. The highest BCUT2D eigenvalue weighted by Gasteiger charge is 2.57. The molecule has 1 aliphatic carbocycles. The van der Waals surface area contributed by atoms with Crippen LogP contribution < -0.4 is 20.7 Å². The number of allylic oxidation sites excluding steroid dienone is 2. The quantitative estimate of drug-likeness (QED) is 0.250. The predicted molar refractivity (Wildman–Crippen MR) is 186 cm³/mol. The van der Waals surface area contributed by atoms with Crippen LogP contribution >= 0.6 is 12.2 Å². The molecule has 0 unspecified atom stereocenters. The van der Waals surface area contributed by atoms with Crippen LogP contribution in [0.5, 0.6) is 11.5 Å². The fourth-order valence-corrected chi connectivity index (χ4v) is 8.41. The fraction of sp³-hybridized carbons (Fsp3) is 0.417. The number of benzene rings is 2. The molecule has 4 aliphatic rings. The predicted octanol–water partition coefficient (Wildman–Crippen LogP) is 2.82. The number of thiocarbonyl (C=S) groups is 1. The number of Topliss-reactive ketones (excluding diaryl/α,β-unsaturated/α-hetero) is 2. The molecule has 0 saturated carbocycles. The van der Waals surface area contributed by atoms with Crippen molar-refractivity contribution in [2.75, 3.05) is 33.1 Å². The van der Waals surface area contributed by atoms with Crippen LogP contribution in [0.15, 0.2) is 58.9 Å². The Kier molecular flexibility index (Phi) is 9.23. The fourth-order valence-electron chi connectivity index (χ4n) is 8.11. The summed E-state index contributed by atoms with van der Waals surface area (Å²) in [4.78, 5) is 45.6. The maximum atomic E-state index is 14.1. The average molecular weight is 685 g/mol. The normalized spacial score (nSPS) is 25.4. The molecule has 49 heavy (non-hydrogen) atoms. The minimum absolute atomic E-state index is 0.0246. The first-order valence-electron chi connectivity index (χ1n) is 16.2. The van der Waals surface area contributed by atoms with Crippen LogP contribution in [-0.2, 0) is 25.5 Å². The molecule has 0 spiro atoms. The molecule has 2 bridgehead atoms. The number of ether oxygens (including phenoxy) is 2. The largest absolute Gasteiger partial charge is 0.504 e. The number of ketones is 2. The Bertz CT molecular complexity index is 1850. The minimum atomic E-state index is -0.839. The monoisotopic (exact) mass is 684 g/mol. The van der Waals surface area contributed by atoms with Gasteiger partial charge in [-0.25, -0.2) is 0 Å². The third kappa shape index (κ3) is 5.63. The Morgan fingerprint density at radius 2 is 1.84 bits per heavy atom. The number of carbonyl (C=O) groups excluding carboxylic acids is 3. The van der Waals surface area contributed by atoms with E-state index in [1.54, 1.807) is 13.8 Å². The number of methoxy groups -OCH3 is 2. The maximum absolute atomic E-state index is 14.1. The number of carbonyl (C=O) groups is 3. The van der Waals surface area contributed by atoms with Gasteiger partial charge in [0.25, 0.3) is 0 Å². The van der Waals surface area contributed by atoms with E-state index in [-0.39, 0.29) is 58.5 Å². The number of aromatic hydroxyl groups is 1. The Morgan fingerprint density at radius 1 is 1.12 bits per heavy atom. The Hall–Kier alpha value is -4.77. The molecular formula is C36H40N6O6S. The van der Waals surface area contributed by atoms with Crippen LogP contribution in [0.25, 0.3) is 0 Å². The number of amides is 1. The van der Waals surface area contributed by atoms with Crippen LogP contribution in [0.3, 0.4) is 0 Å². The zero-order valence-corrected chi connectivity index (χ0v) is 29.1. The molecule has 12 nitrogen and oxygen atoms in total. The highest BCUT2D eigenvalue weighted by Crippen LogP contribution is 2.53. The lowest BCUT2D eigenvalue weighted by atomic mass is 9.69. The maximum Gasteiger partial charge on any atom is 0.242 e. The van der Waals surface area contributed by atoms with Crippen LogP contribution in [0.2, 0.25) is 0 Å². The number of hydrogen-bond donors (Lipinski definition) is 4. The van der Waals surface area contributed by atoms with E-state index in [1.165, 1.54) is 14.2 Å².